The van der Waals surface area contributed by atoms with Crippen LogP contribution in [0.4, 0.5) is 0 Å². The number of carbonyl (C=O) groups is 1. The summed E-state index contributed by atoms with van der Waals surface area (Å²) in [5.74, 6) is -0.275. The Balaban J connectivity index is 0. The lowest BCUT2D eigenvalue weighted by molar-refractivity contribution is -0.138. The van der Waals surface area contributed by atoms with E-state index >= 15 is 0 Å². The molecule has 0 amide bonds. The van der Waals surface area contributed by atoms with Gasteiger partial charge in [-0.15, -0.1) is 0 Å². The van der Waals surface area contributed by atoms with E-state index in [2.05, 4.69) is 6.92 Å². The van der Waals surface area contributed by atoms with Crippen molar-refractivity contribution in [1.82, 2.24) is 0 Å². The van der Waals surface area contributed by atoms with Gasteiger partial charge in [0.25, 0.3) is 0 Å². The summed E-state index contributed by atoms with van der Waals surface area (Å²) in [6.45, 7) is 8.13. The molecule has 74 valence electrons. The molecule has 0 bridgehead atoms. The Labute approximate surface area is 76.0 Å². The van der Waals surface area contributed by atoms with Gasteiger partial charge in [0, 0.05) is 6.42 Å². The summed E-state index contributed by atoms with van der Waals surface area (Å²) in [6, 6.07) is 0. The largest absolute Gasteiger partial charge is 0.481 e. The van der Waals surface area contributed by atoms with E-state index in [0.29, 0.717) is 12.3 Å². The van der Waals surface area contributed by atoms with Crippen LogP contribution in [0.5, 0.6) is 0 Å². The van der Waals surface area contributed by atoms with Crippen molar-refractivity contribution >= 4 is 5.97 Å². The fraction of sp³-hybridized carbons (Fsp3) is 0.900. The van der Waals surface area contributed by atoms with Gasteiger partial charge >= 0.3 is 5.97 Å². The molecule has 0 fully saturated rings. The molecule has 1 unspecified atom stereocenters. The Morgan fingerprint density at radius 1 is 1.33 bits per heavy atom. The van der Waals surface area contributed by atoms with Crippen LogP contribution in [-0.4, -0.2) is 11.1 Å². The van der Waals surface area contributed by atoms with Gasteiger partial charge in [-0.25, -0.2) is 0 Å². The van der Waals surface area contributed by atoms with Gasteiger partial charge < -0.3 is 5.11 Å². The fourth-order valence-electron chi connectivity index (χ4n) is 1.11. The number of hydrogen-bond donors (Lipinski definition) is 1. The molecule has 0 aromatic heterocycles. The maximum absolute atomic E-state index is 10.2. The first-order chi connectivity index (χ1) is 5.70. The second-order valence-electron chi connectivity index (χ2n) is 2.66. The lowest BCUT2D eigenvalue weighted by Crippen LogP contribution is -2.06. The summed E-state index contributed by atoms with van der Waals surface area (Å²) in [5, 5.41) is 8.44. The molecule has 2 nitrogen and oxygen atoms in total. The number of aliphatic carboxylic acids is 1. The third kappa shape index (κ3) is 9.47. The Hall–Kier alpha value is -0.530. The Bertz CT molecular complexity index is 100. The maximum atomic E-state index is 10.2. The first-order valence-electron chi connectivity index (χ1n) is 4.92. The second kappa shape index (κ2) is 10.5. The molecule has 0 aromatic rings. The van der Waals surface area contributed by atoms with Crippen LogP contribution in [0.2, 0.25) is 0 Å². The van der Waals surface area contributed by atoms with E-state index < -0.39 is 5.97 Å². The molecule has 0 radical (unpaired) electrons. The van der Waals surface area contributed by atoms with Gasteiger partial charge in [0.2, 0.25) is 0 Å². The van der Waals surface area contributed by atoms with Gasteiger partial charge in [-0.2, -0.15) is 0 Å². The standard InChI is InChI=1S/C8H16O2.C2H6/c1-3-5-7(4-2)6-8(9)10;1-2/h7H,3-6H2,1-2H3,(H,9,10);1-2H3. The van der Waals surface area contributed by atoms with Crippen LogP contribution >= 0.6 is 0 Å². The average molecular weight is 174 g/mol. The van der Waals surface area contributed by atoms with Crippen LogP contribution in [-0.2, 0) is 4.79 Å². The molecular weight excluding hydrogens is 152 g/mol. The predicted molar refractivity (Wildman–Crippen MR) is 52.3 cm³/mol. The lowest BCUT2D eigenvalue weighted by Gasteiger charge is -2.08. The number of carboxylic acid groups (broad SMARTS) is 1. The highest BCUT2D eigenvalue weighted by Crippen LogP contribution is 2.14. The van der Waals surface area contributed by atoms with E-state index in [9.17, 15) is 4.79 Å². The van der Waals surface area contributed by atoms with E-state index in [4.69, 9.17) is 5.11 Å². The van der Waals surface area contributed by atoms with E-state index in [1.807, 2.05) is 20.8 Å². The molecule has 0 rings (SSSR count). The van der Waals surface area contributed by atoms with Gasteiger partial charge in [0.1, 0.15) is 0 Å². The van der Waals surface area contributed by atoms with Crippen LogP contribution in [0, 0.1) is 5.92 Å². The summed E-state index contributed by atoms with van der Waals surface area (Å²) in [7, 11) is 0. The zero-order valence-corrected chi connectivity index (χ0v) is 8.76. The highest BCUT2D eigenvalue weighted by atomic mass is 16.4. The van der Waals surface area contributed by atoms with Gasteiger partial charge in [0.15, 0.2) is 0 Å². The minimum Gasteiger partial charge on any atom is -0.481 e. The number of carboxylic acids is 1. The van der Waals surface area contributed by atoms with Crippen molar-refractivity contribution in [2.75, 3.05) is 0 Å². The maximum Gasteiger partial charge on any atom is 0.303 e. The third-order valence-corrected chi connectivity index (χ3v) is 1.74. The highest BCUT2D eigenvalue weighted by molar-refractivity contribution is 5.66. The highest BCUT2D eigenvalue weighted by Gasteiger charge is 2.08. The molecule has 0 aliphatic heterocycles. The fourth-order valence-corrected chi connectivity index (χ4v) is 1.11. The van der Waals surface area contributed by atoms with Crippen LogP contribution in [0.25, 0.3) is 0 Å². The lowest BCUT2D eigenvalue weighted by atomic mass is 9.97. The normalized spacial score (nSPS) is 11.3. The zero-order chi connectivity index (χ0) is 9.98. The first-order valence-corrected chi connectivity index (χ1v) is 4.92. The molecule has 0 saturated heterocycles. The van der Waals surface area contributed by atoms with Gasteiger partial charge in [0.05, 0.1) is 0 Å². The van der Waals surface area contributed by atoms with Gasteiger partial charge in [-0.3, -0.25) is 4.79 Å². The molecule has 2 heteroatoms. The zero-order valence-electron chi connectivity index (χ0n) is 8.76. The van der Waals surface area contributed by atoms with Gasteiger partial charge in [-0.1, -0.05) is 47.0 Å². The molecule has 0 saturated carbocycles. The molecule has 0 heterocycles. The predicted octanol–water partition coefficient (Wildman–Crippen LogP) is 3.31. The van der Waals surface area contributed by atoms with Crippen molar-refractivity contribution in [3.63, 3.8) is 0 Å². The second-order valence-corrected chi connectivity index (χ2v) is 2.66. The van der Waals surface area contributed by atoms with Crippen LogP contribution < -0.4 is 0 Å². The van der Waals surface area contributed by atoms with E-state index in [1.54, 1.807) is 0 Å². The third-order valence-electron chi connectivity index (χ3n) is 1.74. The van der Waals surface area contributed by atoms with Crippen molar-refractivity contribution in [3.05, 3.63) is 0 Å². The van der Waals surface area contributed by atoms with Crippen LogP contribution in [0.1, 0.15) is 53.4 Å². The Morgan fingerprint density at radius 2 is 1.83 bits per heavy atom. The van der Waals surface area contributed by atoms with Crippen molar-refractivity contribution in [3.8, 4) is 0 Å². The smallest absolute Gasteiger partial charge is 0.303 e. The minimum atomic E-state index is -0.666. The summed E-state index contributed by atoms with van der Waals surface area (Å²) in [6.07, 6.45) is 3.46. The molecule has 1 atom stereocenters. The first kappa shape index (κ1) is 14.0. The average Bonchev–Trinajstić information content (AvgIpc) is 2.07. The summed E-state index contributed by atoms with van der Waals surface area (Å²) in [5.41, 5.74) is 0. The van der Waals surface area contributed by atoms with Crippen molar-refractivity contribution in [1.29, 1.82) is 0 Å². The number of rotatable bonds is 5. The van der Waals surface area contributed by atoms with Crippen LogP contribution in [0.15, 0.2) is 0 Å². The molecule has 0 aliphatic rings. The molecule has 0 aromatic carbocycles. The molecular formula is C10H22O2. The van der Waals surface area contributed by atoms with E-state index in [0.717, 1.165) is 19.3 Å². The topological polar surface area (TPSA) is 37.3 Å². The molecule has 0 spiro atoms. The van der Waals surface area contributed by atoms with Crippen molar-refractivity contribution in [2.45, 2.75) is 53.4 Å². The molecule has 1 N–H and O–H groups in total. The monoisotopic (exact) mass is 174 g/mol. The summed E-state index contributed by atoms with van der Waals surface area (Å²) >= 11 is 0. The summed E-state index contributed by atoms with van der Waals surface area (Å²) < 4.78 is 0. The van der Waals surface area contributed by atoms with Gasteiger partial charge in [-0.05, 0) is 5.92 Å². The number of hydrogen-bond acceptors (Lipinski definition) is 1. The van der Waals surface area contributed by atoms with Crippen molar-refractivity contribution < 1.29 is 9.90 Å². The van der Waals surface area contributed by atoms with E-state index in [1.165, 1.54) is 0 Å². The van der Waals surface area contributed by atoms with Crippen molar-refractivity contribution in [2.24, 2.45) is 5.92 Å². The summed E-state index contributed by atoms with van der Waals surface area (Å²) in [4.78, 5) is 10.2. The Kier molecular flexibility index (Phi) is 12.2. The Morgan fingerprint density at radius 3 is 2.08 bits per heavy atom. The quantitative estimate of drug-likeness (QED) is 0.694. The molecule has 0 aliphatic carbocycles. The minimum absolute atomic E-state index is 0.338. The van der Waals surface area contributed by atoms with Crippen LogP contribution in [0.3, 0.4) is 0 Å². The SMILES string of the molecule is CC.CCCC(CC)CC(=O)O. The van der Waals surface area contributed by atoms with E-state index in [-0.39, 0.29) is 0 Å². The molecule has 12 heavy (non-hydrogen) atoms.